The van der Waals surface area contributed by atoms with Gasteiger partial charge >= 0.3 is 6.03 Å². The van der Waals surface area contributed by atoms with Gasteiger partial charge in [-0.1, -0.05) is 31.9 Å². The van der Waals surface area contributed by atoms with Crippen LogP contribution in [0.2, 0.25) is 5.02 Å². The van der Waals surface area contributed by atoms with Gasteiger partial charge in [0.15, 0.2) is 0 Å². The van der Waals surface area contributed by atoms with Crippen LogP contribution in [0.3, 0.4) is 0 Å². The van der Waals surface area contributed by atoms with Gasteiger partial charge in [-0.3, -0.25) is 14.8 Å². The lowest BCUT2D eigenvalue weighted by Crippen LogP contribution is -2.43. The van der Waals surface area contributed by atoms with E-state index in [1.807, 2.05) is 13.8 Å². The number of hydrogen-bond donors (Lipinski definition) is 4. The monoisotopic (exact) mass is 460 g/mol. The van der Waals surface area contributed by atoms with Gasteiger partial charge < -0.3 is 15.7 Å². The summed E-state index contributed by atoms with van der Waals surface area (Å²) in [6, 6.07) is 1.23. The highest BCUT2D eigenvalue weighted by Gasteiger charge is 2.41. The first kappa shape index (κ1) is 22.5. The van der Waals surface area contributed by atoms with Gasteiger partial charge in [-0.25, -0.2) is 9.78 Å². The van der Waals surface area contributed by atoms with Crippen LogP contribution in [-0.2, 0) is 11.3 Å². The number of hydrogen-bond acceptors (Lipinski definition) is 5. The van der Waals surface area contributed by atoms with Crippen molar-refractivity contribution in [2.24, 2.45) is 11.3 Å². The summed E-state index contributed by atoms with van der Waals surface area (Å²) in [6.07, 6.45) is 5.64. The fraction of sp³-hybridized carbons (Fsp3) is 0.545. The molecule has 3 atom stereocenters. The predicted octanol–water partition coefficient (Wildman–Crippen LogP) is 3.10. The highest BCUT2D eigenvalue weighted by Crippen LogP contribution is 2.46. The number of nitrogens with one attached hydrogen (secondary N) is 3. The third-order valence-corrected chi connectivity index (χ3v) is 6.75. The van der Waals surface area contributed by atoms with Crippen molar-refractivity contribution in [1.29, 1.82) is 0 Å². The maximum Gasteiger partial charge on any atom is 0.320 e. The summed E-state index contributed by atoms with van der Waals surface area (Å²) in [5.41, 5.74) is 1.75. The molecule has 2 aromatic rings. The largest absolute Gasteiger partial charge is 0.386 e. The minimum Gasteiger partial charge on any atom is -0.386 e. The second-order valence-corrected chi connectivity index (χ2v) is 9.72. The third-order valence-electron chi connectivity index (χ3n) is 6.45. The predicted molar refractivity (Wildman–Crippen MR) is 121 cm³/mol. The number of urea groups is 1. The number of aromatic nitrogens is 3. The van der Waals surface area contributed by atoms with Crippen molar-refractivity contribution < 1.29 is 14.7 Å². The molecule has 3 amide bonds. The zero-order chi connectivity index (χ0) is 23.0. The Bertz CT molecular complexity index is 1040. The lowest BCUT2D eigenvalue weighted by Gasteiger charge is -2.28. The normalized spacial score (nSPS) is 24.0. The molecule has 1 aliphatic carbocycles. The Morgan fingerprint density at radius 2 is 2.03 bits per heavy atom. The number of aliphatic hydroxyl groups excluding tert-OH is 1. The van der Waals surface area contributed by atoms with E-state index in [1.165, 1.54) is 6.20 Å². The Hall–Kier alpha value is -2.65. The molecule has 0 bridgehead atoms. The van der Waals surface area contributed by atoms with E-state index in [4.69, 9.17) is 11.6 Å². The molecule has 0 saturated heterocycles. The van der Waals surface area contributed by atoms with Crippen LogP contribution in [0, 0.1) is 11.3 Å². The molecular formula is C22H29ClN6O3. The number of anilines is 1. The van der Waals surface area contributed by atoms with E-state index in [-0.39, 0.29) is 29.3 Å². The van der Waals surface area contributed by atoms with E-state index in [1.54, 1.807) is 24.0 Å². The molecule has 1 unspecified atom stereocenters. The molecule has 1 saturated carbocycles. The summed E-state index contributed by atoms with van der Waals surface area (Å²) in [5.74, 6) is 0.270. The Balaban J connectivity index is 1.48. The highest BCUT2D eigenvalue weighted by molar-refractivity contribution is 6.33. The average molecular weight is 461 g/mol. The molecule has 172 valence electrons. The Morgan fingerprint density at radius 1 is 1.25 bits per heavy atom. The lowest BCUT2D eigenvalue weighted by molar-refractivity contribution is -0.125. The first-order chi connectivity index (χ1) is 15.2. The molecule has 4 rings (SSSR count). The number of nitrogens with zero attached hydrogens (tertiary/aromatic N) is 3. The molecule has 0 aromatic carbocycles. The van der Waals surface area contributed by atoms with Gasteiger partial charge in [-0.05, 0) is 25.3 Å². The summed E-state index contributed by atoms with van der Waals surface area (Å²) < 4.78 is 1.79. The second-order valence-electron chi connectivity index (χ2n) is 9.31. The number of amides is 3. The Kier molecular flexibility index (Phi) is 6.13. The molecule has 9 nitrogen and oxygen atoms in total. The molecule has 1 fully saturated rings. The van der Waals surface area contributed by atoms with Gasteiger partial charge in [0, 0.05) is 48.3 Å². The zero-order valence-corrected chi connectivity index (χ0v) is 19.2. The smallest absolute Gasteiger partial charge is 0.320 e. The molecule has 1 aliphatic heterocycles. The fourth-order valence-corrected chi connectivity index (χ4v) is 4.88. The van der Waals surface area contributed by atoms with Gasteiger partial charge in [0.1, 0.15) is 11.9 Å². The number of rotatable bonds is 4. The molecule has 0 radical (unpaired) electrons. The number of carbonyl (C=O) groups is 2. The molecule has 2 aliphatic rings. The maximum atomic E-state index is 12.6. The van der Waals surface area contributed by atoms with Crippen molar-refractivity contribution in [3.63, 3.8) is 0 Å². The first-order valence-corrected chi connectivity index (χ1v) is 11.3. The van der Waals surface area contributed by atoms with Crippen molar-refractivity contribution in [1.82, 2.24) is 25.4 Å². The minimum atomic E-state index is -0.677. The molecule has 2 aromatic heterocycles. The lowest BCUT2D eigenvalue weighted by atomic mass is 9.85. The van der Waals surface area contributed by atoms with E-state index < -0.39 is 6.10 Å². The molecule has 10 heteroatoms. The van der Waals surface area contributed by atoms with Crippen LogP contribution >= 0.6 is 11.6 Å². The summed E-state index contributed by atoms with van der Waals surface area (Å²) >= 11 is 6.41. The molecule has 4 N–H and O–H groups in total. The van der Waals surface area contributed by atoms with Gasteiger partial charge in [0.2, 0.25) is 5.91 Å². The first-order valence-electron chi connectivity index (χ1n) is 10.9. The number of aliphatic hydroxyl groups is 1. The quantitative estimate of drug-likeness (QED) is 0.558. The number of fused-ring (bicyclic) bond motifs is 1. The van der Waals surface area contributed by atoms with Crippen LogP contribution in [0.4, 0.5) is 10.6 Å². The van der Waals surface area contributed by atoms with Crippen LogP contribution in [-0.4, -0.2) is 44.9 Å². The number of pyridine rings is 1. The van der Waals surface area contributed by atoms with Crippen molar-refractivity contribution >= 4 is 29.4 Å². The standard InChI is InChI=1S/C22H29ClN6O3/c1-22(2)11-29-18(19(22)30)15(9-26-29)14-8-17(25-10-16(14)23)28-21(32)27-13-6-4-5-12(7-13)20(31)24-3/h8-10,12-13,19,30H,4-7,11H2,1-3H3,(H,24,31)(H2,25,27,28,32)/t12-,13?,19-/m1/s1. The Labute approximate surface area is 191 Å². The maximum absolute atomic E-state index is 12.6. The highest BCUT2D eigenvalue weighted by atomic mass is 35.5. The van der Waals surface area contributed by atoms with Gasteiger partial charge in [0.25, 0.3) is 0 Å². The van der Waals surface area contributed by atoms with Crippen LogP contribution in [0.1, 0.15) is 51.3 Å². The summed E-state index contributed by atoms with van der Waals surface area (Å²) in [7, 11) is 1.63. The van der Waals surface area contributed by atoms with E-state index in [0.717, 1.165) is 24.8 Å². The van der Waals surface area contributed by atoms with Crippen LogP contribution < -0.4 is 16.0 Å². The van der Waals surface area contributed by atoms with Crippen LogP contribution in [0.25, 0.3) is 11.1 Å². The molecule has 3 heterocycles. The summed E-state index contributed by atoms with van der Waals surface area (Å²) in [5, 5.41) is 24.0. The third kappa shape index (κ3) is 4.31. The average Bonchev–Trinajstić information content (AvgIpc) is 3.25. The van der Waals surface area contributed by atoms with Crippen molar-refractivity contribution in [2.45, 2.75) is 58.2 Å². The van der Waals surface area contributed by atoms with E-state index >= 15 is 0 Å². The van der Waals surface area contributed by atoms with E-state index in [0.29, 0.717) is 35.1 Å². The molecule has 32 heavy (non-hydrogen) atoms. The topological polar surface area (TPSA) is 121 Å². The van der Waals surface area contributed by atoms with E-state index in [2.05, 4.69) is 26.0 Å². The van der Waals surface area contributed by atoms with Crippen LogP contribution in [0.5, 0.6) is 0 Å². The molecule has 0 spiro atoms. The van der Waals surface area contributed by atoms with Gasteiger partial charge in [0.05, 0.1) is 16.9 Å². The summed E-state index contributed by atoms with van der Waals surface area (Å²) in [6.45, 7) is 4.58. The van der Waals surface area contributed by atoms with Crippen molar-refractivity contribution in [3.05, 3.63) is 29.2 Å². The van der Waals surface area contributed by atoms with Crippen molar-refractivity contribution in [3.8, 4) is 11.1 Å². The van der Waals surface area contributed by atoms with Gasteiger partial charge in [-0.15, -0.1) is 0 Å². The fourth-order valence-electron chi connectivity index (χ4n) is 4.67. The zero-order valence-electron chi connectivity index (χ0n) is 18.5. The number of carbonyl (C=O) groups excluding carboxylic acids is 2. The van der Waals surface area contributed by atoms with Gasteiger partial charge in [-0.2, -0.15) is 5.10 Å². The molecular weight excluding hydrogens is 432 g/mol. The SMILES string of the molecule is CNC(=O)[C@@H]1CCCC(NC(=O)Nc2cc(-c3cnn4c3[C@@H](O)C(C)(C)C4)c(Cl)cn2)C1. The van der Waals surface area contributed by atoms with Crippen molar-refractivity contribution in [2.75, 3.05) is 12.4 Å². The number of halogens is 1. The van der Waals surface area contributed by atoms with E-state index in [9.17, 15) is 14.7 Å². The Morgan fingerprint density at radius 3 is 2.78 bits per heavy atom. The minimum absolute atomic E-state index is 0.0139. The second kappa shape index (κ2) is 8.71. The van der Waals surface area contributed by atoms with Crippen LogP contribution in [0.15, 0.2) is 18.5 Å². The summed E-state index contributed by atoms with van der Waals surface area (Å²) in [4.78, 5) is 28.7.